The van der Waals surface area contributed by atoms with E-state index in [2.05, 4.69) is 4.90 Å². The minimum absolute atomic E-state index is 0.277. The van der Waals surface area contributed by atoms with Gasteiger partial charge in [0.15, 0.2) is 0 Å². The zero-order valence-electron chi connectivity index (χ0n) is 7.05. The van der Waals surface area contributed by atoms with E-state index < -0.39 is 0 Å². The van der Waals surface area contributed by atoms with Gasteiger partial charge in [0.25, 0.3) is 0 Å². The normalized spacial score (nSPS) is 35.9. The van der Waals surface area contributed by atoms with Crippen LogP contribution in [-0.2, 0) is 4.79 Å². The summed E-state index contributed by atoms with van der Waals surface area (Å²) in [6, 6.07) is 0.618. The standard InChI is InChI=1S/C9H15NO/c1-7(11)10-6-5-8-3-2-4-9(8)10/h8-9H,2-6H2,1H3/t8-,9-/m1/s1. The lowest BCUT2D eigenvalue weighted by Crippen LogP contribution is -2.33. The van der Waals surface area contributed by atoms with Crippen LogP contribution in [0.1, 0.15) is 32.6 Å². The van der Waals surface area contributed by atoms with Crippen LogP contribution in [0.25, 0.3) is 0 Å². The maximum Gasteiger partial charge on any atom is 0.219 e. The van der Waals surface area contributed by atoms with Crippen LogP contribution in [-0.4, -0.2) is 23.4 Å². The Balaban J connectivity index is 2.08. The highest BCUT2D eigenvalue weighted by atomic mass is 16.2. The Hall–Kier alpha value is -0.530. The molecule has 0 unspecified atom stereocenters. The van der Waals surface area contributed by atoms with E-state index in [0.29, 0.717) is 6.04 Å². The lowest BCUT2D eigenvalue weighted by molar-refractivity contribution is -0.129. The average Bonchev–Trinajstić information content (AvgIpc) is 2.41. The van der Waals surface area contributed by atoms with Crippen LogP contribution in [0, 0.1) is 5.92 Å². The largest absolute Gasteiger partial charge is 0.340 e. The van der Waals surface area contributed by atoms with Crippen LogP contribution in [0.5, 0.6) is 0 Å². The molecule has 0 aromatic carbocycles. The summed E-state index contributed by atoms with van der Waals surface area (Å²) in [5.41, 5.74) is 0. The van der Waals surface area contributed by atoms with E-state index in [-0.39, 0.29) is 5.91 Å². The zero-order valence-corrected chi connectivity index (χ0v) is 7.05. The predicted octanol–water partition coefficient (Wildman–Crippen LogP) is 1.41. The van der Waals surface area contributed by atoms with Gasteiger partial charge in [-0.2, -0.15) is 0 Å². The van der Waals surface area contributed by atoms with E-state index >= 15 is 0 Å². The second-order valence-electron chi connectivity index (χ2n) is 3.76. The monoisotopic (exact) mass is 153 g/mol. The van der Waals surface area contributed by atoms with Crippen molar-refractivity contribution in [1.29, 1.82) is 0 Å². The molecule has 11 heavy (non-hydrogen) atoms. The lowest BCUT2D eigenvalue weighted by Gasteiger charge is -2.21. The Morgan fingerprint density at radius 3 is 2.91 bits per heavy atom. The molecule has 0 aromatic rings. The maximum absolute atomic E-state index is 11.1. The Labute approximate surface area is 67.6 Å². The van der Waals surface area contributed by atoms with E-state index in [4.69, 9.17) is 0 Å². The summed E-state index contributed by atoms with van der Waals surface area (Å²) in [6.45, 7) is 2.71. The number of nitrogens with zero attached hydrogens (tertiary/aromatic N) is 1. The number of likely N-dealkylation sites (tertiary alicyclic amines) is 1. The molecule has 0 aromatic heterocycles. The molecule has 1 heterocycles. The first-order chi connectivity index (χ1) is 5.29. The van der Waals surface area contributed by atoms with Gasteiger partial charge in [0.05, 0.1) is 0 Å². The smallest absolute Gasteiger partial charge is 0.219 e. The van der Waals surface area contributed by atoms with Gasteiger partial charge in [0, 0.05) is 19.5 Å². The first kappa shape index (κ1) is 7.14. The molecule has 0 radical (unpaired) electrons. The Bertz CT molecular complexity index is 178. The molecular weight excluding hydrogens is 138 g/mol. The maximum atomic E-state index is 11.1. The Kier molecular flexibility index (Phi) is 1.63. The van der Waals surface area contributed by atoms with E-state index in [1.54, 1.807) is 6.92 Å². The molecule has 0 N–H and O–H groups in total. The Morgan fingerprint density at radius 1 is 1.36 bits per heavy atom. The van der Waals surface area contributed by atoms with Gasteiger partial charge in [0.1, 0.15) is 0 Å². The molecule has 0 bridgehead atoms. The fourth-order valence-electron chi connectivity index (χ4n) is 2.63. The van der Waals surface area contributed by atoms with Gasteiger partial charge in [-0.15, -0.1) is 0 Å². The molecule has 0 spiro atoms. The fourth-order valence-corrected chi connectivity index (χ4v) is 2.63. The summed E-state index contributed by atoms with van der Waals surface area (Å²) < 4.78 is 0. The third-order valence-corrected chi connectivity index (χ3v) is 3.16. The fraction of sp³-hybridized carbons (Fsp3) is 0.889. The topological polar surface area (TPSA) is 20.3 Å². The highest BCUT2D eigenvalue weighted by molar-refractivity contribution is 5.74. The molecule has 2 heteroatoms. The van der Waals surface area contributed by atoms with Crippen LogP contribution >= 0.6 is 0 Å². The third kappa shape index (κ3) is 1.05. The summed E-state index contributed by atoms with van der Waals surface area (Å²) in [4.78, 5) is 13.2. The van der Waals surface area contributed by atoms with Crippen molar-refractivity contribution in [3.05, 3.63) is 0 Å². The highest BCUT2D eigenvalue weighted by Crippen LogP contribution is 2.37. The zero-order chi connectivity index (χ0) is 7.84. The summed E-state index contributed by atoms with van der Waals surface area (Å²) in [5.74, 6) is 1.12. The van der Waals surface area contributed by atoms with Gasteiger partial charge < -0.3 is 4.90 Å². The van der Waals surface area contributed by atoms with Crippen molar-refractivity contribution in [3.63, 3.8) is 0 Å². The van der Waals surface area contributed by atoms with Gasteiger partial charge in [-0.05, 0) is 25.2 Å². The van der Waals surface area contributed by atoms with Gasteiger partial charge in [-0.1, -0.05) is 6.42 Å². The summed E-state index contributed by atoms with van der Waals surface area (Å²) in [6.07, 6.45) is 5.20. The average molecular weight is 153 g/mol. The number of hydrogen-bond donors (Lipinski definition) is 0. The SMILES string of the molecule is CC(=O)N1CC[C@H]2CCC[C@H]21. The van der Waals surface area contributed by atoms with Crippen molar-refractivity contribution in [2.24, 2.45) is 5.92 Å². The second kappa shape index (κ2) is 2.50. The Morgan fingerprint density at radius 2 is 2.18 bits per heavy atom. The van der Waals surface area contributed by atoms with Gasteiger partial charge >= 0.3 is 0 Å². The van der Waals surface area contributed by atoms with Crippen LogP contribution in [0.15, 0.2) is 0 Å². The number of fused-ring (bicyclic) bond motifs is 1. The van der Waals surface area contributed by atoms with Crippen LogP contribution < -0.4 is 0 Å². The summed E-state index contributed by atoms with van der Waals surface area (Å²) >= 11 is 0. The van der Waals surface area contributed by atoms with E-state index in [9.17, 15) is 4.79 Å². The molecule has 1 amide bonds. The van der Waals surface area contributed by atoms with Crippen molar-refractivity contribution < 1.29 is 4.79 Å². The summed E-state index contributed by atoms with van der Waals surface area (Å²) in [7, 11) is 0. The van der Waals surface area contributed by atoms with Crippen molar-refractivity contribution in [2.75, 3.05) is 6.54 Å². The number of hydrogen-bond acceptors (Lipinski definition) is 1. The van der Waals surface area contributed by atoms with Crippen molar-refractivity contribution in [3.8, 4) is 0 Å². The minimum Gasteiger partial charge on any atom is -0.340 e. The number of carbonyl (C=O) groups excluding carboxylic acids is 1. The number of carbonyl (C=O) groups is 1. The lowest BCUT2D eigenvalue weighted by atomic mass is 10.1. The van der Waals surface area contributed by atoms with E-state index in [1.165, 1.54) is 25.7 Å². The molecule has 2 aliphatic rings. The summed E-state index contributed by atoms with van der Waals surface area (Å²) in [5, 5.41) is 0. The van der Waals surface area contributed by atoms with Crippen LogP contribution in [0.3, 0.4) is 0 Å². The highest BCUT2D eigenvalue weighted by Gasteiger charge is 2.38. The van der Waals surface area contributed by atoms with Gasteiger partial charge in [-0.3, -0.25) is 4.79 Å². The van der Waals surface area contributed by atoms with E-state index in [1.807, 2.05) is 0 Å². The van der Waals surface area contributed by atoms with E-state index in [0.717, 1.165) is 12.5 Å². The molecule has 2 rings (SSSR count). The molecule has 1 saturated heterocycles. The molecule has 2 fully saturated rings. The van der Waals surface area contributed by atoms with Gasteiger partial charge in [-0.25, -0.2) is 0 Å². The number of amides is 1. The van der Waals surface area contributed by atoms with Crippen molar-refractivity contribution >= 4 is 5.91 Å². The first-order valence-corrected chi connectivity index (χ1v) is 4.56. The second-order valence-corrected chi connectivity index (χ2v) is 3.76. The minimum atomic E-state index is 0.277. The first-order valence-electron chi connectivity index (χ1n) is 4.56. The van der Waals surface area contributed by atoms with Crippen molar-refractivity contribution in [1.82, 2.24) is 4.90 Å². The predicted molar refractivity (Wildman–Crippen MR) is 43.1 cm³/mol. The third-order valence-electron chi connectivity index (χ3n) is 3.16. The molecule has 2 atom stereocenters. The van der Waals surface area contributed by atoms with Crippen LogP contribution in [0.2, 0.25) is 0 Å². The van der Waals surface area contributed by atoms with Crippen LogP contribution in [0.4, 0.5) is 0 Å². The molecule has 1 aliphatic carbocycles. The number of rotatable bonds is 0. The van der Waals surface area contributed by atoms with Gasteiger partial charge in [0.2, 0.25) is 5.91 Å². The molecule has 1 aliphatic heterocycles. The molecule has 62 valence electrons. The molecule has 2 nitrogen and oxygen atoms in total. The molecular formula is C9H15NO. The molecule has 1 saturated carbocycles. The quantitative estimate of drug-likeness (QED) is 0.515. The van der Waals surface area contributed by atoms with Crippen molar-refractivity contribution in [2.45, 2.75) is 38.6 Å².